The predicted molar refractivity (Wildman–Crippen MR) is 78.2 cm³/mol. The molecule has 110 valence electrons. The van der Waals surface area contributed by atoms with Crippen LogP contribution in [-0.4, -0.2) is 26.3 Å². The minimum Gasteiger partial charge on any atom is -0.359 e. The van der Waals surface area contributed by atoms with Gasteiger partial charge in [-0.25, -0.2) is 0 Å². The largest absolute Gasteiger partial charge is 0.359 e. The zero-order valence-corrected chi connectivity index (χ0v) is 12.3. The topological polar surface area (TPSA) is 42.5 Å². The summed E-state index contributed by atoms with van der Waals surface area (Å²) in [6.07, 6.45) is 0.0565. The van der Waals surface area contributed by atoms with Gasteiger partial charge in [-0.15, -0.1) is 0 Å². The van der Waals surface area contributed by atoms with Crippen molar-refractivity contribution in [3.05, 3.63) is 35.4 Å². The van der Waals surface area contributed by atoms with Gasteiger partial charge < -0.3 is 9.47 Å². The van der Waals surface area contributed by atoms with Crippen molar-refractivity contribution in [1.82, 2.24) is 10.6 Å². The fourth-order valence-electron chi connectivity index (χ4n) is 2.65. The van der Waals surface area contributed by atoms with Gasteiger partial charge in [-0.3, -0.25) is 10.6 Å². The maximum Gasteiger partial charge on any atom is 0.134 e. The first-order valence-corrected chi connectivity index (χ1v) is 7.52. The lowest BCUT2D eigenvalue weighted by atomic mass is 10.1. The normalized spacial score (nSPS) is 34.9. The molecule has 2 aliphatic rings. The molecule has 3 rings (SSSR count). The van der Waals surface area contributed by atoms with Crippen LogP contribution >= 0.6 is 0 Å². The van der Waals surface area contributed by atoms with Crippen LogP contribution in [0.1, 0.15) is 37.4 Å². The number of ether oxygens (including phenoxy) is 2. The smallest absolute Gasteiger partial charge is 0.134 e. The zero-order valence-electron chi connectivity index (χ0n) is 12.3. The summed E-state index contributed by atoms with van der Waals surface area (Å²) in [5.41, 5.74) is 2.37. The quantitative estimate of drug-likeness (QED) is 0.869. The van der Waals surface area contributed by atoms with Gasteiger partial charge in [0.05, 0.1) is 13.2 Å². The molecule has 2 N–H and O–H groups in total. The first-order valence-electron chi connectivity index (χ1n) is 7.52. The van der Waals surface area contributed by atoms with Gasteiger partial charge in [0.2, 0.25) is 0 Å². The van der Waals surface area contributed by atoms with Gasteiger partial charge in [0, 0.05) is 13.1 Å². The Labute approximate surface area is 120 Å². The predicted octanol–water partition coefficient (Wildman–Crippen LogP) is 2.20. The van der Waals surface area contributed by atoms with Crippen molar-refractivity contribution in [2.75, 3.05) is 26.3 Å². The molecule has 2 heterocycles. The van der Waals surface area contributed by atoms with E-state index in [0.29, 0.717) is 11.8 Å². The van der Waals surface area contributed by atoms with E-state index in [9.17, 15) is 0 Å². The van der Waals surface area contributed by atoms with E-state index in [2.05, 4.69) is 48.7 Å². The second-order valence-electron chi connectivity index (χ2n) is 6.12. The highest BCUT2D eigenvalue weighted by Crippen LogP contribution is 2.24. The molecule has 4 nitrogen and oxygen atoms in total. The number of hydrogen-bond acceptors (Lipinski definition) is 4. The molecular formula is C16H24N2O2. The monoisotopic (exact) mass is 276 g/mol. The Kier molecular flexibility index (Phi) is 4.36. The molecule has 0 aromatic heterocycles. The van der Waals surface area contributed by atoms with Crippen LogP contribution in [0.5, 0.6) is 0 Å². The molecule has 0 amide bonds. The molecule has 1 aromatic rings. The molecule has 2 saturated heterocycles. The van der Waals surface area contributed by atoms with Crippen molar-refractivity contribution in [3.8, 4) is 0 Å². The molecule has 0 spiro atoms. The van der Waals surface area contributed by atoms with Gasteiger partial charge in [0.1, 0.15) is 12.5 Å². The second-order valence-corrected chi connectivity index (χ2v) is 6.12. The van der Waals surface area contributed by atoms with Crippen molar-refractivity contribution >= 4 is 0 Å². The Balaban J connectivity index is 1.62. The fraction of sp³-hybridized carbons (Fsp3) is 0.625. The molecule has 4 heteroatoms. The van der Waals surface area contributed by atoms with E-state index >= 15 is 0 Å². The van der Waals surface area contributed by atoms with E-state index in [1.54, 1.807) is 0 Å². The summed E-state index contributed by atoms with van der Waals surface area (Å²) in [6, 6.07) is 8.52. The van der Waals surface area contributed by atoms with Crippen molar-refractivity contribution in [2.45, 2.75) is 26.3 Å². The van der Waals surface area contributed by atoms with Crippen LogP contribution in [0.15, 0.2) is 24.3 Å². The van der Waals surface area contributed by atoms with Crippen LogP contribution in [0.25, 0.3) is 0 Å². The van der Waals surface area contributed by atoms with Gasteiger partial charge in [-0.2, -0.15) is 0 Å². The highest BCUT2D eigenvalue weighted by molar-refractivity contribution is 5.25. The molecule has 0 bridgehead atoms. The molecule has 20 heavy (non-hydrogen) atoms. The van der Waals surface area contributed by atoms with Crippen molar-refractivity contribution in [1.29, 1.82) is 0 Å². The summed E-state index contributed by atoms with van der Waals surface area (Å²) < 4.78 is 11.6. The average molecular weight is 276 g/mol. The number of nitrogens with one attached hydrogen (secondary N) is 2. The van der Waals surface area contributed by atoms with Gasteiger partial charge in [-0.05, 0) is 23.0 Å². The summed E-state index contributed by atoms with van der Waals surface area (Å²) in [7, 11) is 0. The van der Waals surface area contributed by atoms with Crippen LogP contribution < -0.4 is 10.6 Å². The molecule has 4 unspecified atom stereocenters. The first-order chi connectivity index (χ1) is 9.72. The minimum absolute atomic E-state index is 0.0282. The Morgan fingerprint density at radius 1 is 0.800 bits per heavy atom. The molecule has 2 fully saturated rings. The molecule has 1 aromatic carbocycles. The van der Waals surface area contributed by atoms with Crippen molar-refractivity contribution in [3.63, 3.8) is 0 Å². The van der Waals surface area contributed by atoms with Gasteiger partial charge >= 0.3 is 0 Å². The van der Waals surface area contributed by atoms with E-state index < -0.39 is 0 Å². The lowest BCUT2D eigenvalue weighted by Gasteiger charge is -2.30. The Morgan fingerprint density at radius 3 is 1.50 bits per heavy atom. The SMILES string of the molecule is CC1CNC(c2ccc(C3NCC(C)CO3)cc2)OC1. The van der Waals surface area contributed by atoms with E-state index in [4.69, 9.17) is 9.47 Å². The van der Waals surface area contributed by atoms with E-state index in [-0.39, 0.29) is 12.5 Å². The number of hydrogen-bond donors (Lipinski definition) is 2. The molecule has 0 aliphatic carbocycles. The zero-order chi connectivity index (χ0) is 13.9. The second kappa shape index (κ2) is 6.22. The summed E-state index contributed by atoms with van der Waals surface area (Å²) in [6.45, 7) is 8.06. The number of rotatable bonds is 2. The van der Waals surface area contributed by atoms with Crippen LogP contribution in [0.4, 0.5) is 0 Å². The van der Waals surface area contributed by atoms with Gasteiger partial charge in [0.15, 0.2) is 0 Å². The maximum absolute atomic E-state index is 5.82. The van der Waals surface area contributed by atoms with Crippen LogP contribution in [0.2, 0.25) is 0 Å². The summed E-state index contributed by atoms with van der Waals surface area (Å²) in [4.78, 5) is 0. The Morgan fingerprint density at radius 2 is 1.20 bits per heavy atom. The van der Waals surface area contributed by atoms with E-state index in [0.717, 1.165) is 26.3 Å². The molecule has 2 aliphatic heterocycles. The van der Waals surface area contributed by atoms with Crippen LogP contribution in [-0.2, 0) is 9.47 Å². The van der Waals surface area contributed by atoms with E-state index in [1.165, 1.54) is 11.1 Å². The number of benzene rings is 1. The third kappa shape index (κ3) is 3.20. The molecule has 0 radical (unpaired) electrons. The summed E-state index contributed by atoms with van der Waals surface area (Å²) >= 11 is 0. The standard InChI is InChI=1S/C16H24N2O2/c1-11-7-17-15(19-9-11)13-3-5-14(6-4-13)16-18-8-12(2)10-20-16/h3-6,11-12,15-18H,7-10H2,1-2H3. The van der Waals surface area contributed by atoms with E-state index in [1.807, 2.05) is 0 Å². The van der Waals surface area contributed by atoms with Gasteiger partial charge in [-0.1, -0.05) is 38.1 Å². The Hall–Kier alpha value is -0.940. The van der Waals surface area contributed by atoms with Crippen molar-refractivity contribution in [2.24, 2.45) is 11.8 Å². The fourth-order valence-corrected chi connectivity index (χ4v) is 2.65. The minimum atomic E-state index is 0.0282. The van der Waals surface area contributed by atoms with Crippen LogP contribution in [0.3, 0.4) is 0 Å². The Bertz CT molecular complexity index is 378. The highest BCUT2D eigenvalue weighted by atomic mass is 16.5. The third-order valence-electron chi connectivity index (χ3n) is 3.94. The third-order valence-corrected chi connectivity index (χ3v) is 3.94. The van der Waals surface area contributed by atoms with Crippen LogP contribution in [0, 0.1) is 11.8 Å². The molecule has 0 saturated carbocycles. The van der Waals surface area contributed by atoms with Gasteiger partial charge in [0.25, 0.3) is 0 Å². The lowest BCUT2D eigenvalue weighted by Crippen LogP contribution is -2.37. The maximum atomic E-state index is 5.82. The average Bonchev–Trinajstić information content (AvgIpc) is 2.49. The molecule has 4 atom stereocenters. The highest BCUT2D eigenvalue weighted by Gasteiger charge is 2.21. The molecular weight excluding hydrogens is 252 g/mol. The first kappa shape index (κ1) is 14.0. The summed E-state index contributed by atoms with van der Waals surface area (Å²) in [5, 5.41) is 6.84. The summed E-state index contributed by atoms with van der Waals surface area (Å²) in [5.74, 6) is 1.18. The lowest BCUT2D eigenvalue weighted by molar-refractivity contribution is -0.0273. The van der Waals surface area contributed by atoms with Crippen molar-refractivity contribution < 1.29 is 9.47 Å².